The lowest BCUT2D eigenvalue weighted by atomic mass is 9.98. The normalized spacial score (nSPS) is 20.1. The molecule has 0 spiro atoms. The van der Waals surface area contributed by atoms with Crippen molar-refractivity contribution >= 4 is 0 Å². The summed E-state index contributed by atoms with van der Waals surface area (Å²) in [7, 11) is 1.69. The summed E-state index contributed by atoms with van der Waals surface area (Å²) in [5.41, 5.74) is 8.35. The third-order valence-electron chi connectivity index (χ3n) is 3.39. The van der Waals surface area contributed by atoms with Crippen molar-refractivity contribution in [2.75, 3.05) is 20.3 Å². The molecule has 4 heteroatoms. The van der Waals surface area contributed by atoms with Gasteiger partial charge in [0.25, 0.3) is 0 Å². The molecule has 0 amide bonds. The number of fused-ring (bicyclic) bond motifs is 1. The first-order chi connectivity index (χ1) is 8.23. The Morgan fingerprint density at radius 3 is 2.47 bits per heavy atom. The fraction of sp³-hybridized carbons (Fsp3) is 0.538. The van der Waals surface area contributed by atoms with Crippen LogP contribution in [0.15, 0.2) is 12.1 Å². The Balaban J connectivity index is 2.05. The van der Waals surface area contributed by atoms with Crippen LogP contribution in [-0.4, -0.2) is 20.3 Å². The fourth-order valence-electron chi connectivity index (χ4n) is 2.27. The zero-order valence-electron chi connectivity index (χ0n) is 9.99. The maximum Gasteiger partial charge on any atom is 0.161 e. The van der Waals surface area contributed by atoms with Crippen LogP contribution < -0.4 is 15.2 Å². The first-order valence-corrected chi connectivity index (χ1v) is 5.94. The van der Waals surface area contributed by atoms with Gasteiger partial charge in [-0.25, -0.2) is 0 Å². The summed E-state index contributed by atoms with van der Waals surface area (Å²) in [5, 5.41) is 0. The molecule has 2 N–H and O–H groups in total. The van der Waals surface area contributed by atoms with E-state index in [1.54, 1.807) is 7.11 Å². The molecule has 1 aromatic rings. The minimum absolute atomic E-state index is 0.177. The van der Waals surface area contributed by atoms with Gasteiger partial charge in [0.15, 0.2) is 11.5 Å². The van der Waals surface area contributed by atoms with Gasteiger partial charge in [0, 0.05) is 12.6 Å². The number of ether oxygens (including phenoxy) is 3. The highest BCUT2D eigenvalue weighted by Gasteiger charge is 2.42. The first-order valence-electron chi connectivity index (χ1n) is 5.94. The van der Waals surface area contributed by atoms with Gasteiger partial charge in [0.1, 0.15) is 13.2 Å². The Kier molecular flexibility index (Phi) is 2.49. The van der Waals surface area contributed by atoms with E-state index in [1.807, 2.05) is 12.1 Å². The van der Waals surface area contributed by atoms with Gasteiger partial charge < -0.3 is 19.9 Å². The quantitative estimate of drug-likeness (QED) is 0.863. The summed E-state index contributed by atoms with van der Waals surface area (Å²) in [6.45, 7) is 1.77. The van der Waals surface area contributed by atoms with Crippen LogP contribution >= 0.6 is 0 Å². The van der Waals surface area contributed by atoms with E-state index in [-0.39, 0.29) is 5.54 Å². The first kappa shape index (κ1) is 10.9. The Bertz CT molecular complexity index is 441. The molecule has 2 aliphatic rings. The van der Waals surface area contributed by atoms with Crippen LogP contribution in [0.1, 0.15) is 24.0 Å². The van der Waals surface area contributed by atoms with Gasteiger partial charge in [-0.05, 0) is 36.1 Å². The van der Waals surface area contributed by atoms with E-state index in [0.717, 1.165) is 35.5 Å². The van der Waals surface area contributed by atoms with Crippen LogP contribution in [-0.2, 0) is 16.9 Å². The molecule has 1 aromatic carbocycles. The number of hydrogen-bond acceptors (Lipinski definition) is 4. The van der Waals surface area contributed by atoms with Crippen molar-refractivity contribution in [1.29, 1.82) is 0 Å². The van der Waals surface area contributed by atoms with E-state index in [0.29, 0.717) is 19.8 Å². The number of methoxy groups -OCH3 is 1. The second-order valence-electron chi connectivity index (χ2n) is 4.74. The Hall–Kier alpha value is -1.26. The van der Waals surface area contributed by atoms with Crippen molar-refractivity contribution in [3.8, 4) is 11.5 Å². The number of benzene rings is 1. The monoisotopic (exact) mass is 235 g/mol. The predicted molar refractivity (Wildman–Crippen MR) is 63.2 cm³/mol. The minimum atomic E-state index is -0.177. The summed E-state index contributed by atoms with van der Waals surface area (Å²) < 4.78 is 16.4. The molecule has 0 bridgehead atoms. The average molecular weight is 235 g/mol. The Morgan fingerprint density at radius 2 is 1.88 bits per heavy atom. The zero-order chi connectivity index (χ0) is 11.9. The second kappa shape index (κ2) is 3.89. The standard InChI is InChI=1S/C13H17NO3/c1-15-8-9-6-11-12(17-5-4-16-11)7-10(9)13(14)2-3-13/h6-7H,2-5,8,14H2,1H3. The van der Waals surface area contributed by atoms with Crippen molar-refractivity contribution in [2.45, 2.75) is 25.0 Å². The van der Waals surface area contributed by atoms with Crippen molar-refractivity contribution < 1.29 is 14.2 Å². The molecule has 1 aliphatic heterocycles. The fourth-order valence-corrected chi connectivity index (χ4v) is 2.27. The second-order valence-corrected chi connectivity index (χ2v) is 4.74. The van der Waals surface area contributed by atoms with Crippen molar-refractivity contribution in [3.63, 3.8) is 0 Å². The SMILES string of the molecule is COCc1cc2c(cc1C1(N)CC1)OCCO2. The van der Waals surface area contributed by atoms with Gasteiger partial charge in [-0.2, -0.15) is 0 Å². The third-order valence-corrected chi connectivity index (χ3v) is 3.39. The molecule has 1 heterocycles. The van der Waals surface area contributed by atoms with Gasteiger partial charge in [-0.3, -0.25) is 0 Å². The largest absolute Gasteiger partial charge is 0.486 e. The Labute approximate surface area is 101 Å². The predicted octanol–water partition coefficient (Wildman–Crippen LogP) is 1.55. The molecule has 3 rings (SSSR count). The molecule has 0 atom stereocenters. The molecule has 4 nitrogen and oxygen atoms in total. The van der Waals surface area contributed by atoms with Crippen molar-refractivity contribution in [1.82, 2.24) is 0 Å². The van der Waals surface area contributed by atoms with E-state index in [4.69, 9.17) is 19.9 Å². The molecule has 0 aromatic heterocycles. The summed E-state index contributed by atoms with van der Waals surface area (Å²) in [6.07, 6.45) is 2.06. The molecule has 1 aliphatic carbocycles. The molecule has 17 heavy (non-hydrogen) atoms. The van der Waals surface area contributed by atoms with Gasteiger partial charge in [-0.1, -0.05) is 0 Å². The van der Waals surface area contributed by atoms with Crippen molar-refractivity contribution in [3.05, 3.63) is 23.3 Å². The van der Waals surface area contributed by atoms with Gasteiger partial charge >= 0.3 is 0 Å². The summed E-state index contributed by atoms with van der Waals surface area (Å²) >= 11 is 0. The highest BCUT2D eigenvalue weighted by molar-refractivity contribution is 5.51. The third kappa shape index (κ3) is 1.87. The molecule has 1 fully saturated rings. The van der Waals surface area contributed by atoms with Crippen LogP contribution in [0.25, 0.3) is 0 Å². The maximum atomic E-state index is 6.28. The molecule has 1 saturated carbocycles. The maximum absolute atomic E-state index is 6.28. The molecule has 0 radical (unpaired) electrons. The lowest BCUT2D eigenvalue weighted by molar-refractivity contribution is 0.166. The highest BCUT2D eigenvalue weighted by Crippen LogP contribution is 2.47. The zero-order valence-corrected chi connectivity index (χ0v) is 9.99. The van der Waals surface area contributed by atoms with Crippen LogP contribution in [0.2, 0.25) is 0 Å². The number of rotatable bonds is 3. The van der Waals surface area contributed by atoms with Gasteiger partial charge in [-0.15, -0.1) is 0 Å². The van der Waals surface area contributed by atoms with E-state index in [2.05, 4.69) is 0 Å². The van der Waals surface area contributed by atoms with Gasteiger partial charge in [0.2, 0.25) is 0 Å². The van der Waals surface area contributed by atoms with Crippen LogP contribution in [0.3, 0.4) is 0 Å². The molecular formula is C13H17NO3. The summed E-state index contributed by atoms with van der Waals surface area (Å²) in [4.78, 5) is 0. The van der Waals surface area contributed by atoms with Crippen LogP contribution in [0, 0.1) is 0 Å². The summed E-state index contributed by atoms with van der Waals surface area (Å²) in [6, 6.07) is 4.02. The van der Waals surface area contributed by atoms with Crippen LogP contribution in [0.4, 0.5) is 0 Å². The molecule has 92 valence electrons. The highest BCUT2D eigenvalue weighted by atomic mass is 16.6. The Morgan fingerprint density at radius 1 is 1.24 bits per heavy atom. The van der Waals surface area contributed by atoms with E-state index in [1.165, 1.54) is 0 Å². The summed E-state index contributed by atoms with van der Waals surface area (Å²) in [5.74, 6) is 1.61. The lowest BCUT2D eigenvalue weighted by Crippen LogP contribution is -2.23. The smallest absolute Gasteiger partial charge is 0.161 e. The molecular weight excluding hydrogens is 218 g/mol. The van der Waals surface area contributed by atoms with Gasteiger partial charge in [0.05, 0.1) is 6.61 Å². The molecule has 0 saturated heterocycles. The van der Waals surface area contributed by atoms with E-state index < -0.39 is 0 Å². The van der Waals surface area contributed by atoms with Crippen LogP contribution in [0.5, 0.6) is 11.5 Å². The number of nitrogens with two attached hydrogens (primary N) is 1. The lowest BCUT2D eigenvalue weighted by Gasteiger charge is -2.23. The van der Waals surface area contributed by atoms with E-state index in [9.17, 15) is 0 Å². The van der Waals surface area contributed by atoms with E-state index >= 15 is 0 Å². The minimum Gasteiger partial charge on any atom is -0.486 e. The topological polar surface area (TPSA) is 53.7 Å². The average Bonchev–Trinajstić information content (AvgIpc) is 3.08. The molecule has 0 unspecified atom stereocenters. The van der Waals surface area contributed by atoms with Crippen molar-refractivity contribution in [2.24, 2.45) is 5.73 Å². The number of hydrogen-bond donors (Lipinski definition) is 1.